The standard InChI is InChI=1S/C16H18ClNO3/c1-11(17)13-8-9-15(21-13)16(19)18(2)10-12-6-4-5-7-14(12)20-3/h4-9,11H,10H2,1-3H3. The van der Waals surface area contributed by atoms with Crippen molar-refractivity contribution in [1.29, 1.82) is 0 Å². The number of methoxy groups -OCH3 is 1. The van der Waals surface area contributed by atoms with Crippen LogP contribution in [0.4, 0.5) is 0 Å². The second-order valence-corrected chi connectivity index (χ2v) is 5.45. The highest BCUT2D eigenvalue weighted by Crippen LogP contribution is 2.23. The maximum atomic E-state index is 12.3. The van der Waals surface area contributed by atoms with E-state index in [0.717, 1.165) is 11.3 Å². The van der Waals surface area contributed by atoms with E-state index in [4.69, 9.17) is 20.8 Å². The molecule has 4 nitrogen and oxygen atoms in total. The van der Waals surface area contributed by atoms with Crippen molar-refractivity contribution in [3.05, 3.63) is 53.5 Å². The number of carbonyl (C=O) groups excluding carboxylic acids is 1. The monoisotopic (exact) mass is 307 g/mol. The molecule has 1 amide bonds. The van der Waals surface area contributed by atoms with Gasteiger partial charge in [0.05, 0.1) is 12.5 Å². The van der Waals surface area contributed by atoms with Crippen LogP contribution in [0, 0.1) is 0 Å². The minimum Gasteiger partial charge on any atom is -0.496 e. The Balaban J connectivity index is 2.11. The second-order valence-electron chi connectivity index (χ2n) is 4.79. The van der Waals surface area contributed by atoms with Crippen molar-refractivity contribution in [2.75, 3.05) is 14.2 Å². The zero-order valence-electron chi connectivity index (χ0n) is 12.3. The number of halogens is 1. The average molecular weight is 308 g/mol. The van der Waals surface area contributed by atoms with E-state index >= 15 is 0 Å². The Morgan fingerprint density at radius 2 is 2.05 bits per heavy atom. The molecular formula is C16H18ClNO3. The highest BCUT2D eigenvalue weighted by molar-refractivity contribution is 6.20. The Bertz CT molecular complexity index is 621. The van der Waals surface area contributed by atoms with Gasteiger partial charge in [0.2, 0.25) is 0 Å². The number of nitrogens with zero attached hydrogens (tertiary/aromatic N) is 1. The number of furan rings is 1. The number of hydrogen-bond donors (Lipinski definition) is 0. The van der Waals surface area contributed by atoms with Crippen molar-refractivity contribution < 1.29 is 13.9 Å². The van der Waals surface area contributed by atoms with Gasteiger partial charge in [-0.3, -0.25) is 4.79 Å². The molecule has 1 unspecified atom stereocenters. The van der Waals surface area contributed by atoms with Crippen LogP contribution >= 0.6 is 11.6 Å². The molecule has 0 N–H and O–H groups in total. The lowest BCUT2D eigenvalue weighted by atomic mass is 10.2. The Morgan fingerprint density at radius 1 is 1.33 bits per heavy atom. The first kappa shape index (κ1) is 15.4. The van der Waals surface area contributed by atoms with E-state index in [9.17, 15) is 4.79 Å². The normalized spacial score (nSPS) is 12.0. The van der Waals surface area contributed by atoms with Gasteiger partial charge in [0.15, 0.2) is 5.76 Å². The van der Waals surface area contributed by atoms with Gasteiger partial charge in [0.1, 0.15) is 11.5 Å². The molecule has 0 aliphatic rings. The number of benzene rings is 1. The van der Waals surface area contributed by atoms with E-state index < -0.39 is 0 Å². The number of amides is 1. The molecule has 0 bridgehead atoms. The van der Waals surface area contributed by atoms with Gasteiger partial charge in [0.25, 0.3) is 5.91 Å². The van der Waals surface area contributed by atoms with Crippen LogP contribution in [-0.4, -0.2) is 25.0 Å². The molecule has 0 saturated heterocycles. The Hall–Kier alpha value is -1.94. The second kappa shape index (κ2) is 6.68. The summed E-state index contributed by atoms with van der Waals surface area (Å²) in [4.78, 5) is 13.9. The fourth-order valence-electron chi connectivity index (χ4n) is 2.03. The van der Waals surface area contributed by atoms with Gasteiger partial charge < -0.3 is 14.1 Å². The van der Waals surface area contributed by atoms with Crippen LogP contribution in [0.15, 0.2) is 40.8 Å². The fourth-order valence-corrected chi connectivity index (χ4v) is 2.15. The van der Waals surface area contributed by atoms with Crippen molar-refractivity contribution in [2.24, 2.45) is 0 Å². The van der Waals surface area contributed by atoms with Gasteiger partial charge in [-0.2, -0.15) is 0 Å². The Morgan fingerprint density at radius 3 is 2.67 bits per heavy atom. The predicted molar refractivity (Wildman–Crippen MR) is 81.8 cm³/mol. The van der Waals surface area contributed by atoms with Crippen LogP contribution in [-0.2, 0) is 6.54 Å². The zero-order valence-corrected chi connectivity index (χ0v) is 13.1. The summed E-state index contributed by atoms with van der Waals surface area (Å²) in [6, 6.07) is 11.0. The SMILES string of the molecule is COc1ccccc1CN(C)C(=O)c1ccc(C(C)Cl)o1. The number of carbonyl (C=O) groups is 1. The summed E-state index contributed by atoms with van der Waals surface area (Å²) in [7, 11) is 3.34. The summed E-state index contributed by atoms with van der Waals surface area (Å²) in [5, 5.41) is -0.258. The van der Waals surface area contributed by atoms with Crippen molar-refractivity contribution in [1.82, 2.24) is 4.90 Å². The van der Waals surface area contributed by atoms with E-state index in [1.54, 1.807) is 38.1 Å². The summed E-state index contributed by atoms with van der Waals surface area (Å²) < 4.78 is 10.8. The minimum atomic E-state index is -0.258. The highest BCUT2D eigenvalue weighted by Gasteiger charge is 2.18. The van der Waals surface area contributed by atoms with Gasteiger partial charge in [-0.15, -0.1) is 11.6 Å². The number of rotatable bonds is 5. The molecule has 5 heteroatoms. The van der Waals surface area contributed by atoms with Crippen LogP contribution in [0.3, 0.4) is 0 Å². The first-order valence-electron chi connectivity index (χ1n) is 6.64. The van der Waals surface area contributed by atoms with Crippen LogP contribution in [0.5, 0.6) is 5.75 Å². The van der Waals surface area contributed by atoms with Gasteiger partial charge in [-0.1, -0.05) is 18.2 Å². The average Bonchev–Trinajstić information content (AvgIpc) is 2.97. The summed E-state index contributed by atoms with van der Waals surface area (Å²) in [5.74, 6) is 1.44. The van der Waals surface area contributed by atoms with Crippen LogP contribution < -0.4 is 4.74 Å². The zero-order chi connectivity index (χ0) is 15.4. The smallest absolute Gasteiger partial charge is 0.289 e. The maximum absolute atomic E-state index is 12.3. The van der Waals surface area contributed by atoms with Crippen molar-refractivity contribution in [3.8, 4) is 5.75 Å². The largest absolute Gasteiger partial charge is 0.496 e. The van der Waals surface area contributed by atoms with Gasteiger partial charge in [0, 0.05) is 19.2 Å². The molecule has 0 saturated carbocycles. The molecule has 0 aliphatic carbocycles. The number of ether oxygens (including phenoxy) is 1. The van der Waals surface area contributed by atoms with Crippen molar-refractivity contribution >= 4 is 17.5 Å². The van der Waals surface area contributed by atoms with E-state index in [1.807, 2.05) is 24.3 Å². The van der Waals surface area contributed by atoms with Gasteiger partial charge in [-0.25, -0.2) is 0 Å². The topological polar surface area (TPSA) is 42.7 Å². The maximum Gasteiger partial charge on any atom is 0.289 e. The van der Waals surface area contributed by atoms with Crippen molar-refractivity contribution in [3.63, 3.8) is 0 Å². The molecule has 21 heavy (non-hydrogen) atoms. The van der Waals surface area contributed by atoms with E-state index in [2.05, 4.69) is 0 Å². The molecule has 1 heterocycles. The highest BCUT2D eigenvalue weighted by atomic mass is 35.5. The summed E-state index contributed by atoms with van der Waals surface area (Å²) in [6.07, 6.45) is 0. The number of hydrogen-bond acceptors (Lipinski definition) is 3. The lowest BCUT2D eigenvalue weighted by molar-refractivity contribution is 0.0750. The molecular weight excluding hydrogens is 290 g/mol. The molecule has 2 rings (SSSR count). The predicted octanol–water partition coefficient (Wildman–Crippen LogP) is 3.86. The third kappa shape index (κ3) is 3.58. The van der Waals surface area contributed by atoms with Crippen molar-refractivity contribution in [2.45, 2.75) is 18.8 Å². The molecule has 0 radical (unpaired) electrons. The lowest BCUT2D eigenvalue weighted by Gasteiger charge is -2.17. The third-order valence-corrected chi connectivity index (χ3v) is 3.39. The van der Waals surface area contributed by atoms with E-state index in [1.165, 1.54) is 0 Å². The molecule has 1 aromatic carbocycles. The summed E-state index contributed by atoms with van der Waals surface area (Å²) in [5.41, 5.74) is 0.938. The van der Waals surface area contributed by atoms with Crippen LogP contribution in [0.1, 0.15) is 34.2 Å². The first-order valence-corrected chi connectivity index (χ1v) is 7.07. The van der Waals surface area contributed by atoms with E-state index in [0.29, 0.717) is 12.3 Å². The Labute approximate surface area is 129 Å². The lowest BCUT2D eigenvalue weighted by Crippen LogP contribution is -2.26. The van der Waals surface area contributed by atoms with Crippen LogP contribution in [0.25, 0.3) is 0 Å². The number of para-hydroxylation sites is 1. The summed E-state index contributed by atoms with van der Waals surface area (Å²) in [6.45, 7) is 2.24. The molecule has 0 fully saturated rings. The molecule has 0 spiro atoms. The fraction of sp³-hybridized carbons (Fsp3) is 0.312. The quantitative estimate of drug-likeness (QED) is 0.788. The van der Waals surface area contributed by atoms with Crippen LogP contribution in [0.2, 0.25) is 0 Å². The molecule has 2 aromatic rings. The molecule has 1 aromatic heterocycles. The third-order valence-electron chi connectivity index (χ3n) is 3.18. The summed E-state index contributed by atoms with van der Waals surface area (Å²) >= 11 is 5.93. The minimum absolute atomic E-state index is 0.190. The molecule has 0 aliphatic heterocycles. The van der Waals surface area contributed by atoms with Gasteiger partial charge in [-0.05, 0) is 25.1 Å². The Kier molecular flexibility index (Phi) is 4.91. The van der Waals surface area contributed by atoms with E-state index in [-0.39, 0.29) is 17.0 Å². The molecule has 1 atom stereocenters. The number of alkyl halides is 1. The molecule has 112 valence electrons. The van der Waals surface area contributed by atoms with Gasteiger partial charge >= 0.3 is 0 Å². The first-order chi connectivity index (χ1) is 10.0.